The van der Waals surface area contributed by atoms with Crippen molar-refractivity contribution >= 4 is 12.1 Å². The average molecular weight is 316 g/mol. The van der Waals surface area contributed by atoms with Gasteiger partial charge >= 0.3 is 6.01 Å². The predicted molar refractivity (Wildman–Crippen MR) is 83.1 cm³/mol. The van der Waals surface area contributed by atoms with E-state index >= 15 is 0 Å². The lowest BCUT2D eigenvalue weighted by atomic mass is 10.2. The molecule has 2 aromatic rings. The van der Waals surface area contributed by atoms with E-state index in [4.69, 9.17) is 14.2 Å². The third-order valence-electron chi connectivity index (χ3n) is 2.62. The first kappa shape index (κ1) is 16.2. The van der Waals surface area contributed by atoms with Gasteiger partial charge in [-0.2, -0.15) is 15.1 Å². The number of hydrazone groups is 1. The maximum atomic E-state index is 10.8. The Morgan fingerprint density at radius 2 is 1.83 bits per heavy atom. The largest absolute Gasteiger partial charge is 0.481 e. The molecule has 1 aromatic carbocycles. The summed E-state index contributed by atoms with van der Waals surface area (Å²) in [6.45, 7) is 1.37. The number of para-hydroxylation sites is 1. The molecular weight excluding hydrogens is 300 g/mol. The zero-order valence-electron chi connectivity index (χ0n) is 12.9. The van der Waals surface area contributed by atoms with Crippen molar-refractivity contribution in [1.82, 2.24) is 15.4 Å². The quantitative estimate of drug-likeness (QED) is 0.644. The molecule has 1 N–H and O–H groups in total. The van der Waals surface area contributed by atoms with E-state index in [1.165, 1.54) is 33.4 Å². The first-order valence-electron chi connectivity index (χ1n) is 6.66. The van der Waals surface area contributed by atoms with Crippen LogP contribution in [0.4, 0.5) is 0 Å². The number of methoxy groups -OCH3 is 2. The Labute approximate surface area is 133 Å². The summed E-state index contributed by atoms with van der Waals surface area (Å²) >= 11 is 0. The van der Waals surface area contributed by atoms with Crippen molar-refractivity contribution in [2.45, 2.75) is 6.92 Å². The first-order chi connectivity index (χ1) is 11.1. The highest BCUT2D eigenvalue weighted by molar-refractivity contribution is 5.84. The van der Waals surface area contributed by atoms with Crippen LogP contribution in [0.5, 0.6) is 23.5 Å². The fourth-order valence-corrected chi connectivity index (χ4v) is 1.61. The number of amides is 1. The van der Waals surface area contributed by atoms with E-state index in [0.29, 0.717) is 23.1 Å². The number of ether oxygens (including phenoxy) is 3. The molecule has 0 aliphatic heterocycles. The van der Waals surface area contributed by atoms with Crippen LogP contribution in [-0.4, -0.2) is 36.3 Å². The van der Waals surface area contributed by atoms with E-state index in [9.17, 15) is 4.79 Å². The van der Waals surface area contributed by atoms with Gasteiger partial charge in [-0.1, -0.05) is 12.1 Å². The predicted octanol–water partition coefficient (Wildman–Crippen LogP) is 1.76. The molecule has 2 rings (SSSR count). The molecule has 0 saturated carbocycles. The van der Waals surface area contributed by atoms with Gasteiger partial charge in [-0.3, -0.25) is 4.79 Å². The SMILES string of the molecule is COc1cc(OC)nc(Oc2ccccc2C=NNC(C)=O)n1. The Balaban J connectivity index is 2.26. The zero-order valence-corrected chi connectivity index (χ0v) is 12.9. The monoisotopic (exact) mass is 316 g/mol. The number of hydrogen-bond acceptors (Lipinski definition) is 7. The second-order valence-electron chi connectivity index (χ2n) is 4.30. The van der Waals surface area contributed by atoms with Gasteiger partial charge in [-0.05, 0) is 12.1 Å². The van der Waals surface area contributed by atoms with Crippen LogP contribution < -0.4 is 19.6 Å². The molecule has 0 atom stereocenters. The molecule has 8 nitrogen and oxygen atoms in total. The van der Waals surface area contributed by atoms with E-state index in [-0.39, 0.29) is 11.9 Å². The Morgan fingerprint density at radius 1 is 1.17 bits per heavy atom. The lowest BCUT2D eigenvalue weighted by Gasteiger charge is -2.09. The lowest BCUT2D eigenvalue weighted by molar-refractivity contribution is -0.118. The van der Waals surface area contributed by atoms with Crippen LogP contribution in [0.2, 0.25) is 0 Å². The van der Waals surface area contributed by atoms with Gasteiger partial charge in [0, 0.05) is 12.5 Å². The van der Waals surface area contributed by atoms with Crippen LogP contribution in [0.15, 0.2) is 35.4 Å². The number of rotatable bonds is 6. The van der Waals surface area contributed by atoms with Crippen molar-refractivity contribution in [3.05, 3.63) is 35.9 Å². The molecule has 0 saturated heterocycles. The number of hydrogen-bond donors (Lipinski definition) is 1. The maximum absolute atomic E-state index is 10.8. The molecule has 1 heterocycles. The molecule has 1 aromatic heterocycles. The third-order valence-corrected chi connectivity index (χ3v) is 2.62. The molecule has 0 radical (unpaired) electrons. The van der Waals surface area contributed by atoms with Crippen LogP contribution in [-0.2, 0) is 4.79 Å². The molecule has 120 valence electrons. The van der Waals surface area contributed by atoms with E-state index in [0.717, 1.165) is 0 Å². The van der Waals surface area contributed by atoms with Gasteiger partial charge in [0.1, 0.15) is 5.75 Å². The van der Waals surface area contributed by atoms with Gasteiger partial charge in [-0.25, -0.2) is 5.43 Å². The summed E-state index contributed by atoms with van der Waals surface area (Å²) in [5, 5.41) is 3.82. The van der Waals surface area contributed by atoms with Crippen LogP contribution in [0.1, 0.15) is 12.5 Å². The van der Waals surface area contributed by atoms with Gasteiger partial charge in [0.15, 0.2) is 0 Å². The normalized spacial score (nSPS) is 10.4. The maximum Gasteiger partial charge on any atom is 0.328 e. The average Bonchev–Trinajstić information content (AvgIpc) is 2.55. The summed E-state index contributed by atoms with van der Waals surface area (Å²) in [5.74, 6) is 0.838. The minimum absolute atomic E-state index is 0.0709. The number of nitrogens with one attached hydrogen (secondary N) is 1. The number of carbonyl (C=O) groups is 1. The summed E-state index contributed by atoms with van der Waals surface area (Å²) in [4.78, 5) is 19.0. The van der Waals surface area contributed by atoms with Crippen molar-refractivity contribution < 1.29 is 19.0 Å². The standard InChI is InChI=1S/C15H16N4O4/c1-10(20)19-16-9-11-6-4-5-7-12(11)23-15-17-13(21-2)8-14(18-15)22-3/h4-9H,1-3H3,(H,19,20). The minimum Gasteiger partial charge on any atom is -0.481 e. The molecule has 23 heavy (non-hydrogen) atoms. The molecule has 0 fully saturated rings. The van der Waals surface area contributed by atoms with Crippen molar-refractivity contribution in [2.75, 3.05) is 14.2 Å². The lowest BCUT2D eigenvalue weighted by Crippen LogP contribution is -2.12. The fraction of sp³-hybridized carbons (Fsp3) is 0.200. The van der Waals surface area contributed by atoms with Crippen molar-refractivity contribution in [2.24, 2.45) is 5.10 Å². The van der Waals surface area contributed by atoms with E-state index < -0.39 is 0 Å². The van der Waals surface area contributed by atoms with Crippen LogP contribution in [0.3, 0.4) is 0 Å². The summed E-state index contributed by atoms with van der Waals surface area (Å²) in [6, 6.07) is 8.72. The van der Waals surface area contributed by atoms with Gasteiger partial charge in [0.05, 0.1) is 26.5 Å². The van der Waals surface area contributed by atoms with Crippen LogP contribution in [0, 0.1) is 0 Å². The number of aromatic nitrogens is 2. The summed E-state index contributed by atoms with van der Waals surface area (Å²) in [5.41, 5.74) is 2.97. The third kappa shape index (κ3) is 4.67. The topological polar surface area (TPSA) is 94.9 Å². The minimum atomic E-state index is -0.263. The molecule has 0 unspecified atom stereocenters. The Kier molecular flexibility index (Phi) is 5.45. The van der Waals surface area contributed by atoms with Gasteiger partial charge in [-0.15, -0.1) is 0 Å². The molecule has 0 spiro atoms. The smallest absolute Gasteiger partial charge is 0.328 e. The zero-order chi connectivity index (χ0) is 16.7. The van der Waals surface area contributed by atoms with Crippen molar-refractivity contribution in [3.63, 3.8) is 0 Å². The second kappa shape index (κ2) is 7.74. The van der Waals surface area contributed by atoms with Gasteiger partial charge in [0.2, 0.25) is 17.7 Å². The van der Waals surface area contributed by atoms with Crippen LogP contribution in [0.25, 0.3) is 0 Å². The van der Waals surface area contributed by atoms with Crippen molar-refractivity contribution in [1.29, 1.82) is 0 Å². The molecule has 1 amide bonds. The molecule has 0 aliphatic carbocycles. The molecular formula is C15H16N4O4. The van der Waals surface area contributed by atoms with Gasteiger partial charge < -0.3 is 14.2 Å². The molecule has 0 bridgehead atoms. The number of benzene rings is 1. The van der Waals surface area contributed by atoms with Crippen LogP contribution >= 0.6 is 0 Å². The molecule has 8 heteroatoms. The molecule has 0 aliphatic rings. The fourth-order valence-electron chi connectivity index (χ4n) is 1.61. The summed E-state index contributed by atoms with van der Waals surface area (Å²) < 4.78 is 15.8. The highest BCUT2D eigenvalue weighted by Gasteiger charge is 2.09. The highest BCUT2D eigenvalue weighted by Crippen LogP contribution is 2.25. The van der Waals surface area contributed by atoms with E-state index in [2.05, 4.69) is 20.5 Å². The number of nitrogens with zero attached hydrogens (tertiary/aromatic N) is 3. The Hall–Kier alpha value is -3.16. The Morgan fingerprint density at radius 3 is 2.43 bits per heavy atom. The Bertz CT molecular complexity index is 696. The van der Waals surface area contributed by atoms with E-state index in [1.807, 2.05) is 6.07 Å². The summed E-state index contributed by atoms with van der Waals surface area (Å²) in [7, 11) is 2.97. The van der Waals surface area contributed by atoms with Gasteiger partial charge in [0.25, 0.3) is 0 Å². The van der Waals surface area contributed by atoms with Crippen molar-refractivity contribution in [3.8, 4) is 23.5 Å². The number of carbonyl (C=O) groups excluding carboxylic acids is 1. The summed E-state index contributed by atoms with van der Waals surface area (Å²) in [6.07, 6.45) is 1.47. The highest BCUT2D eigenvalue weighted by atomic mass is 16.5. The first-order valence-corrected chi connectivity index (χ1v) is 6.66. The second-order valence-corrected chi connectivity index (χ2v) is 4.30. The van der Waals surface area contributed by atoms with E-state index in [1.54, 1.807) is 18.2 Å².